The van der Waals surface area contributed by atoms with E-state index in [0.717, 1.165) is 51.5 Å². The SMILES string of the molecule is CCNC(=O)C(C)(C)CNC(=NC)NC1CCN(CCCOC)CC1.I. The van der Waals surface area contributed by atoms with Crippen molar-refractivity contribution in [3.8, 4) is 0 Å². The minimum absolute atomic E-state index is 0. The van der Waals surface area contributed by atoms with Crippen molar-refractivity contribution in [2.75, 3.05) is 53.5 Å². The molecular formula is C18H38IN5O2. The van der Waals surface area contributed by atoms with E-state index in [1.807, 2.05) is 20.8 Å². The third-order valence-electron chi connectivity index (χ3n) is 4.62. The lowest BCUT2D eigenvalue weighted by Crippen LogP contribution is -2.52. The summed E-state index contributed by atoms with van der Waals surface area (Å²) in [5.74, 6) is 0.831. The Morgan fingerprint density at radius 3 is 2.46 bits per heavy atom. The molecule has 1 heterocycles. The highest BCUT2D eigenvalue weighted by atomic mass is 127. The van der Waals surface area contributed by atoms with E-state index in [9.17, 15) is 4.79 Å². The van der Waals surface area contributed by atoms with E-state index in [0.29, 0.717) is 19.1 Å². The lowest BCUT2D eigenvalue weighted by Gasteiger charge is -2.33. The second kappa shape index (κ2) is 13.5. The van der Waals surface area contributed by atoms with Gasteiger partial charge in [-0.3, -0.25) is 9.79 Å². The van der Waals surface area contributed by atoms with Crippen LogP contribution in [0.2, 0.25) is 0 Å². The van der Waals surface area contributed by atoms with Crippen LogP contribution in [0.3, 0.4) is 0 Å². The number of nitrogens with zero attached hydrogens (tertiary/aromatic N) is 2. The smallest absolute Gasteiger partial charge is 0.227 e. The predicted octanol–water partition coefficient (Wildman–Crippen LogP) is 1.43. The molecule has 1 aliphatic heterocycles. The Morgan fingerprint density at radius 1 is 1.27 bits per heavy atom. The van der Waals surface area contributed by atoms with Gasteiger partial charge in [0, 0.05) is 59.5 Å². The molecule has 0 atom stereocenters. The Balaban J connectivity index is 0.00000625. The molecule has 0 radical (unpaired) electrons. The van der Waals surface area contributed by atoms with Gasteiger partial charge in [0.05, 0.1) is 5.41 Å². The number of piperidine rings is 1. The first-order valence-electron chi connectivity index (χ1n) is 9.39. The zero-order valence-corrected chi connectivity index (χ0v) is 19.4. The maximum absolute atomic E-state index is 12.1. The van der Waals surface area contributed by atoms with Crippen LogP contribution in [0.4, 0.5) is 0 Å². The summed E-state index contributed by atoms with van der Waals surface area (Å²) in [6, 6.07) is 0.428. The number of amides is 1. The number of carbonyl (C=O) groups is 1. The van der Waals surface area contributed by atoms with Crippen molar-refractivity contribution in [1.82, 2.24) is 20.9 Å². The summed E-state index contributed by atoms with van der Waals surface area (Å²) in [5.41, 5.74) is -0.474. The summed E-state index contributed by atoms with van der Waals surface area (Å²) in [6.07, 6.45) is 3.30. The largest absolute Gasteiger partial charge is 0.385 e. The lowest BCUT2D eigenvalue weighted by molar-refractivity contribution is -0.128. The standard InChI is InChI=1S/C18H37N5O2.HI/c1-6-20-16(24)18(2,3)14-21-17(19-4)22-15-8-11-23(12-9-15)10-7-13-25-5;/h15H,6-14H2,1-5H3,(H,20,24)(H2,19,21,22);1H. The normalized spacial score (nSPS) is 16.7. The molecule has 1 saturated heterocycles. The molecule has 0 aromatic heterocycles. The minimum atomic E-state index is -0.474. The highest BCUT2D eigenvalue weighted by molar-refractivity contribution is 14.0. The number of methoxy groups -OCH3 is 1. The van der Waals surface area contributed by atoms with Crippen molar-refractivity contribution in [3.63, 3.8) is 0 Å². The van der Waals surface area contributed by atoms with Crippen molar-refractivity contribution in [2.45, 2.75) is 46.1 Å². The number of aliphatic imine (C=N–C) groups is 1. The monoisotopic (exact) mass is 483 g/mol. The quantitative estimate of drug-likeness (QED) is 0.200. The van der Waals surface area contributed by atoms with Crippen LogP contribution < -0.4 is 16.0 Å². The molecule has 1 aliphatic rings. The summed E-state index contributed by atoms with van der Waals surface area (Å²) in [4.78, 5) is 18.9. The Kier molecular flexibility index (Phi) is 13.2. The maximum Gasteiger partial charge on any atom is 0.227 e. The first-order valence-corrected chi connectivity index (χ1v) is 9.39. The van der Waals surface area contributed by atoms with Crippen LogP contribution in [-0.2, 0) is 9.53 Å². The van der Waals surface area contributed by atoms with Crippen LogP contribution in [0.1, 0.15) is 40.0 Å². The maximum atomic E-state index is 12.1. The topological polar surface area (TPSA) is 78.0 Å². The molecule has 154 valence electrons. The number of carbonyl (C=O) groups excluding carboxylic acids is 1. The molecule has 26 heavy (non-hydrogen) atoms. The van der Waals surface area contributed by atoms with Gasteiger partial charge in [-0.25, -0.2) is 0 Å². The number of guanidine groups is 1. The van der Waals surface area contributed by atoms with Gasteiger partial charge in [0.15, 0.2) is 5.96 Å². The van der Waals surface area contributed by atoms with Gasteiger partial charge < -0.3 is 25.6 Å². The molecule has 0 spiro atoms. The molecule has 0 bridgehead atoms. The lowest BCUT2D eigenvalue weighted by atomic mass is 9.92. The van der Waals surface area contributed by atoms with Gasteiger partial charge in [-0.05, 0) is 40.0 Å². The fourth-order valence-corrected chi connectivity index (χ4v) is 2.91. The molecular weight excluding hydrogens is 445 g/mol. The number of hydrogen-bond acceptors (Lipinski definition) is 4. The Hall–Kier alpha value is -0.610. The van der Waals surface area contributed by atoms with Crippen LogP contribution in [0.15, 0.2) is 4.99 Å². The highest BCUT2D eigenvalue weighted by Gasteiger charge is 2.27. The highest BCUT2D eigenvalue weighted by Crippen LogP contribution is 2.14. The Bertz CT molecular complexity index is 424. The van der Waals surface area contributed by atoms with E-state index in [-0.39, 0.29) is 29.9 Å². The summed E-state index contributed by atoms with van der Waals surface area (Å²) in [7, 11) is 3.52. The molecule has 3 N–H and O–H groups in total. The molecule has 1 fully saturated rings. The summed E-state index contributed by atoms with van der Waals surface area (Å²) in [5, 5.41) is 9.67. The van der Waals surface area contributed by atoms with E-state index in [1.54, 1.807) is 14.2 Å². The van der Waals surface area contributed by atoms with Crippen molar-refractivity contribution >= 4 is 35.8 Å². The van der Waals surface area contributed by atoms with Crippen LogP contribution in [-0.4, -0.2) is 76.3 Å². The summed E-state index contributed by atoms with van der Waals surface area (Å²) < 4.78 is 5.12. The van der Waals surface area contributed by atoms with E-state index in [2.05, 4.69) is 25.8 Å². The van der Waals surface area contributed by atoms with E-state index in [4.69, 9.17) is 4.74 Å². The molecule has 1 amide bonds. The van der Waals surface area contributed by atoms with Crippen LogP contribution >= 0.6 is 24.0 Å². The van der Waals surface area contributed by atoms with Crippen molar-refractivity contribution in [1.29, 1.82) is 0 Å². The van der Waals surface area contributed by atoms with Gasteiger partial charge in [-0.15, -0.1) is 24.0 Å². The van der Waals surface area contributed by atoms with Gasteiger partial charge in [0.1, 0.15) is 0 Å². The number of likely N-dealkylation sites (tertiary alicyclic amines) is 1. The average molecular weight is 483 g/mol. The van der Waals surface area contributed by atoms with E-state index >= 15 is 0 Å². The predicted molar refractivity (Wildman–Crippen MR) is 118 cm³/mol. The average Bonchev–Trinajstić information content (AvgIpc) is 2.60. The second-order valence-corrected chi connectivity index (χ2v) is 7.28. The summed E-state index contributed by atoms with van der Waals surface area (Å²) >= 11 is 0. The van der Waals surface area contributed by atoms with Crippen molar-refractivity contribution in [2.24, 2.45) is 10.4 Å². The fourth-order valence-electron chi connectivity index (χ4n) is 2.91. The molecule has 0 aliphatic carbocycles. The van der Waals surface area contributed by atoms with Crippen LogP contribution in [0, 0.1) is 5.41 Å². The van der Waals surface area contributed by atoms with Crippen molar-refractivity contribution in [3.05, 3.63) is 0 Å². The third-order valence-corrected chi connectivity index (χ3v) is 4.62. The molecule has 0 aromatic rings. The number of halogens is 1. The zero-order valence-electron chi connectivity index (χ0n) is 17.1. The van der Waals surface area contributed by atoms with Crippen molar-refractivity contribution < 1.29 is 9.53 Å². The van der Waals surface area contributed by atoms with Gasteiger partial charge in [0.25, 0.3) is 0 Å². The number of ether oxygens (including phenoxy) is 1. The van der Waals surface area contributed by atoms with E-state index in [1.165, 1.54) is 0 Å². The Morgan fingerprint density at radius 2 is 1.92 bits per heavy atom. The minimum Gasteiger partial charge on any atom is -0.385 e. The van der Waals surface area contributed by atoms with Crippen LogP contribution in [0.25, 0.3) is 0 Å². The van der Waals surface area contributed by atoms with Gasteiger partial charge >= 0.3 is 0 Å². The second-order valence-electron chi connectivity index (χ2n) is 7.28. The van der Waals surface area contributed by atoms with Gasteiger partial charge in [-0.2, -0.15) is 0 Å². The third kappa shape index (κ3) is 9.36. The number of nitrogens with one attached hydrogen (secondary N) is 3. The molecule has 0 unspecified atom stereocenters. The van der Waals surface area contributed by atoms with E-state index < -0.39 is 5.41 Å². The van der Waals surface area contributed by atoms with Gasteiger partial charge in [-0.1, -0.05) is 0 Å². The molecule has 0 saturated carbocycles. The molecule has 8 heteroatoms. The molecule has 1 rings (SSSR count). The van der Waals surface area contributed by atoms with Crippen LogP contribution in [0.5, 0.6) is 0 Å². The first-order chi connectivity index (χ1) is 11.9. The molecule has 7 nitrogen and oxygen atoms in total. The molecule has 0 aromatic carbocycles. The first kappa shape index (κ1) is 25.4. The number of rotatable bonds is 9. The summed E-state index contributed by atoms with van der Waals surface area (Å²) in [6.45, 7) is 11.2. The Labute approximate surface area is 176 Å². The number of hydrogen-bond donors (Lipinski definition) is 3. The zero-order chi connectivity index (χ0) is 18.7. The fraction of sp³-hybridized carbons (Fsp3) is 0.889. The van der Waals surface area contributed by atoms with Gasteiger partial charge in [0.2, 0.25) is 5.91 Å².